The monoisotopic (exact) mass is 388 g/mol. The lowest BCUT2D eigenvalue weighted by molar-refractivity contribution is 0.473. The minimum Gasteiger partial charge on any atom is -0.454 e. The number of hydrogen-bond acceptors (Lipinski definition) is 5. The molecule has 0 aliphatic rings. The van der Waals surface area contributed by atoms with Gasteiger partial charge in [-0.05, 0) is 24.3 Å². The lowest BCUT2D eigenvalue weighted by Gasteiger charge is -2.14. The summed E-state index contributed by atoms with van der Waals surface area (Å²) in [4.78, 5) is 0. The highest BCUT2D eigenvalue weighted by Crippen LogP contribution is 2.51. The van der Waals surface area contributed by atoms with E-state index in [9.17, 15) is 0 Å². The highest BCUT2D eigenvalue weighted by molar-refractivity contribution is 6.50. The van der Waals surface area contributed by atoms with Crippen molar-refractivity contribution in [2.24, 2.45) is 0 Å². The van der Waals surface area contributed by atoms with Gasteiger partial charge in [-0.1, -0.05) is 46.4 Å². The van der Waals surface area contributed by atoms with Crippen molar-refractivity contribution in [3.63, 3.8) is 0 Å². The number of rotatable bonds is 4. The molecule has 0 unspecified atom stereocenters. The molecule has 2 aromatic rings. The van der Waals surface area contributed by atoms with Gasteiger partial charge in [-0.15, -0.1) is 10.5 Å². The predicted molar refractivity (Wildman–Crippen MR) is 85.5 cm³/mol. The third-order valence-corrected chi connectivity index (χ3v) is 4.17. The van der Waals surface area contributed by atoms with Gasteiger partial charge >= 0.3 is 0 Å². The summed E-state index contributed by atoms with van der Waals surface area (Å²) in [6, 6.07) is 6.08. The maximum Gasteiger partial charge on any atom is 0.292 e. The first kappa shape index (κ1) is 17.3. The molecule has 0 heterocycles. The molecule has 9 heteroatoms. The molecule has 0 N–H and O–H groups in total. The molecule has 0 saturated heterocycles. The van der Waals surface area contributed by atoms with Crippen molar-refractivity contribution in [2.75, 3.05) is 0 Å². The Balaban J connectivity index is 2.41. The van der Waals surface area contributed by atoms with E-state index < -0.39 is 0 Å². The van der Waals surface area contributed by atoms with Crippen LogP contribution in [0.15, 0.2) is 24.3 Å². The molecule has 0 aromatic heterocycles. The van der Waals surface area contributed by atoms with E-state index in [-0.39, 0.29) is 31.6 Å². The van der Waals surface area contributed by atoms with Gasteiger partial charge in [0.2, 0.25) is 0 Å². The summed E-state index contributed by atoms with van der Waals surface area (Å²) < 4.78 is 14.9. The standard InChI is InChI=1S/C14H4Cl4N2O3/c15-9-11(17)14(12(18)10(16)13(9)22-6-20)23-8-3-1-7(2-4-8)21-5-19/h1-4H. The Kier molecular flexibility index (Phi) is 5.65. The van der Waals surface area contributed by atoms with E-state index >= 15 is 0 Å². The number of hydrogen-bond donors (Lipinski definition) is 0. The third-order valence-electron chi connectivity index (χ3n) is 2.54. The summed E-state index contributed by atoms with van der Waals surface area (Å²) in [5.41, 5.74) is 0. The Morgan fingerprint density at radius 1 is 0.652 bits per heavy atom. The van der Waals surface area contributed by atoms with Gasteiger partial charge < -0.3 is 14.2 Å². The SMILES string of the molecule is N#COc1ccc(Oc2c(Cl)c(Cl)c(OC#N)c(Cl)c2Cl)cc1. The maximum absolute atomic E-state index is 8.58. The topological polar surface area (TPSA) is 75.3 Å². The molecule has 0 aliphatic heterocycles. The summed E-state index contributed by atoms with van der Waals surface area (Å²) in [6.07, 6.45) is 2.99. The molecule has 23 heavy (non-hydrogen) atoms. The van der Waals surface area contributed by atoms with E-state index in [1.165, 1.54) is 30.5 Å². The highest BCUT2D eigenvalue weighted by atomic mass is 35.5. The average Bonchev–Trinajstić information content (AvgIpc) is 2.55. The fourth-order valence-corrected chi connectivity index (χ4v) is 2.53. The van der Waals surface area contributed by atoms with E-state index in [1.54, 1.807) is 6.26 Å². The Bertz CT molecular complexity index is 797. The van der Waals surface area contributed by atoms with Crippen LogP contribution >= 0.6 is 46.4 Å². The Hall–Kier alpha value is -2.02. The van der Waals surface area contributed by atoms with Gasteiger partial charge in [0.05, 0.1) is 0 Å². The van der Waals surface area contributed by atoms with Crippen LogP contribution in [0.1, 0.15) is 0 Å². The first-order valence-corrected chi connectivity index (χ1v) is 7.26. The number of ether oxygens (including phenoxy) is 3. The lowest BCUT2D eigenvalue weighted by Crippen LogP contribution is -1.93. The zero-order chi connectivity index (χ0) is 17.0. The molecule has 0 amide bonds. The van der Waals surface area contributed by atoms with E-state index in [0.29, 0.717) is 11.5 Å². The Labute approximate surface area is 151 Å². The van der Waals surface area contributed by atoms with Gasteiger partial charge in [0, 0.05) is 0 Å². The first-order chi connectivity index (χ1) is 11.0. The molecule has 0 radical (unpaired) electrons. The van der Waals surface area contributed by atoms with Crippen LogP contribution in [0.5, 0.6) is 23.0 Å². The lowest BCUT2D eigenvalue weighted by atomic mass is 10.3. The summed E-state index contributed by atoms with van der Waals surface area (Å²) >= 11 is 24.2. The summed E-state index contributed by atoms with van der Waals surface area (Å²) in [7, 11) is 0. The van der Waals surface area contributed by atoms with E-state index in [2.05, 4.69) is 9.47 Å². The van der Waals surface area contributed by atoms with Crippen LogP contribution in [-0.2, 0) is 0 Å². The van der Waals surface area contributed by atoms with Gasteiger partial charge in [0.1, 0.15) is 31.6 Å². The van der Waals surface area contributed by atoms with Gasteiger partial charge in [0.15, 0.2) is 11.5 Å². The van der Waals surface area contributed by atoms with E-state index in [1.807, 2.05) is 0 Å². The second-order valence-corrected chi connectivity index (χ2v) is 5.39. The predicted octanol–water partition coefficient (Wildman–Crippen LogP) is 5.81. The molecule has 0 fully saturated rings. The van der Waals surface area contributed by atoms with E-state index in [4.69, 9.17) is 61.7 Å². The van der Waals surface area contributed by atoms with Gasteiger partial charge in [0.25, 0.3) is 12.5 Å². The second-order valence-electron chi connectivity index (χ2n) is 3.87. The van der Waals surface area contributed by atoms with Crippen LogP contribution in [0.25, 0.3) is 0 Å². The smallest absolute Gasteiger partial charge is 0.292 e. The molecule has 0 saturated carbocycles. The molecule has 2 rings (SSSR count). The van der Waals surface area contributed by atoms with Crippen molar-refractivity contribution in [1.29, 1.82) is 10.5 Å². The van der Waals surface area contributed by atoms with Gasteiger partial charge in [-0.25, -0.2) is 0 Å². The van der Waals surface area contributed by atoms with Crippen LogP contribution in [0.3, 0.4) is 0 Å². The number of nitriles is 2. The van der Waals surface area contributed by atoms with Crippen LogP contribution in [0.4, 0.5) is 0 Å². The molecular formula is C14H4Cl4N2O3. The number of benzene rings is 2. The molecule has 0 atom stereocenters. The first-order valence-electron chi connectivity index (χ1n) is 5.75. The fraction of sp³-hybridized carbons (Fsp3) is 0. The van der Waals surface area contributed by atoms with Gasteiger partial charge in [-0.2, -0.15) is 0 Å². The van der Waals surface area contributed by atoms with Crippen LogP contribution in [0, 0.1) is 23.0 Å². The molecular weight excluding hydrogens is 386 g/mol. The largest absolute Gasteiger partial charge is 0.454 e. The number of halogens is 4. The van der Waals surface area contributed by atoms with Crippen LogP contribution in [0.2, 0.25) is 20.1 Å². The van der Waals surface area contributed by atoms with Gasteiger partial charge in [-0.3, -0.25) is 0 Å². The van der Waals surface area contributed by atoms with Crippen molar-refractivity contribution in [2.45, 2.75) is 0 Å². The second kappa shape index (κ2) is 7.50. The quantitative estimate of drug-likeness (QED) is 0.486. The zero-order valence-corrected chi connectivity index (χ0v) is 14.0. The Morgan fingerprint density at radius 2 is 1.09 bits per heavy atom. The fourth-order valence-electron chi connectivity index (χ4n) is 1.56. The van der Waals surface area contributed by atoms with Crippen molar-refractivity contribution < 1.29 is 14.2 Å². The summed E-state index contributed by atoms with van der Waals surface area (Å²) in [6.45, 7) is 0. The van der Waals surface area contributed by atoms with Crippen molar-refractivity contribution >= 4 is 46.4 Å². The van der Waals surface area contributed by atoms with Crippen LogP contribution in [-0.4, -0.2) is 0 Å². The molecule has 116 valence electrons. The molecule has 0 aliphatic carbocycles. The maximum atomic E-state index is 8.58. The molecule has 0 spiro atoms. The number of nitrogens with zero attached hydrogens (tertiary/aromatic N) is 2. The van der Waals surface area contributed by atoms with Crippen molar-refractivity contribution in [1.82, 2.24) is 0 Å². The molecule has 5 nitrogen and oxygen atoms in total. The average molecular weight is 390 g/mol. The summed E-state index contributed by atoms with van der Waals surface area (Å²) in [5, 5.41) is 16.7. The molecule has 0 bridgehead atoms. The zero-order valence-electron chi connectivity index (χ0n) is 10.9. The van der Waals surface area contributed by atoms with Crippen LogP contribution < -0.4 is 14.2 Å². The van der Waals surface area contributed by atoms with Crippen molar-refractivity contribution in [3.8, 4) is 35.5 Å². The Morgan fingerprint density at radius 3 is 1.57 bits per heavy atom. The van der Waals surface area contributed by atoms with E-state index in [0.717, 1.165) is 0 Å². The summed E-state index contributed by atoms with van der Waals surface area (Å²) in [5.74, 6) is 0.532. The minimum absolute atomic E-state index is 0.00238. The normalized spacial score (nSPS) is 9.65. The minimum atomic E-state index is -0.157. The molecule has 2 aromatic carbocycles. The third kappa shape index (κ3) is 3.67. The van der Waals surface area contributed by atoms with Crippen molar-refractivity contribution in [3.05, 3.63) is 44.4 Å². The highest BCUT2D eigenvalue weighted by Gasteiger charge is 2.23.